The number of piperidine rings is 1. The van der Waals surface area contributed by atoms with Gasteiger partial charge in [0.25, 0.3) is 0 Å². The van der Waals surface area contributed by atoms with Gasteiger partial charge in [0, 0.05) is 38.8 Å². The molecule has 0 amide bonds. The number of carbonyl (C=O) groups is 1. The summed E-state index contributed by atoms with van der Waals surface area (Å²) in [5, 5.41) is 3.54. The van der Waals surface area contributed by atoms with E-state index in [2.05, 4.69) is 47.8 Å². The molecule has 0 saturated carbocycles. The monoisotopic (exact) mass is 480 g/mol. The van der Waals surface area contributed by atoms with Gasteiger partial charge >= 0.3 is 5.97 Å². The van der Waals surface area contributed by atoms with E-state index in [4.69, 9.17) is 4.74 Å². The molecule has 2 saturated heterocycles. The maximum Gasteiger partial charge on any atom is 0.310 e. The number of rotatable bonds is 4. The Morgan fingerprint density at radius 2 is 1.96 bits per heavy atom. The number of guanidine groups is 1. The third kappa shape index (κ3) is 5.71. The van der Waals surface area contributed by atoms with Crippen molar-refractivity contribution in [3.8, 4) is 0 Å². The van der Waals surface area contributed by atoms with Crippen LogP contribution in [0.4, 0.5) is 0 Å². The molecular weight excluding hydrogens is 443 g/mol. The Balaban J connectivity index is 0.00000338. The molecule has 2 fully saturated rings. The van der Waals surface area contributed by atoms with Crippen molar-refractivity contribution in [1.29, 1.82) is 0 Å². The summed E-state index contributed by atoms with van der Waals surface area (Å²) < 4.78 is 4.94. The van der Waals surface area contributed by atoms with E-state index in [0.717, 1.165) is 25.0 Å². The van der Waals surface area contributed by atoms with Crippen LogP contribution in [0.2, 0.25) is 0 Å². The lowest BCUT2D eigenvalue weighted by Crippen LogP contribution is -2.56. The maximum atomic E-state index is 11.9. The molecule has 2 aliphatic heterocycles. The summed E-state index contributed by atoms with van der Waals surface area (Å²) in [6.45, 7) is 13.7. The van der Waals surface area contributed by atoms with E-state index < -0.39 is 0 Å². The normalized spacial score (nSPS) is 27.8. The third-order valence-electron chi connectivity index (χ3n) is 5.82. The van der Waals surface area contributed by atoms with Gasteiger partial charge in [-0.05, 0) is 45.1 Å². The van der Waals surface area contributed by atoms with Crippen molar-refractivity contribution < 1.29 is 9.53 Å². The smallest absolute Gasteiger partial charge is 0.310 e. The molecule has 3 atom stereocenters. The van der Waals surface area contributed by atoms with Crippen LogP contribution in [-0.2, 0) is 9.53 Å². The zero-order valence-electron chi connectivity index (χ0n) is 17.2. The molecule has 1 N–H and O–H groups in total. The minimum absolute atomic E-state index is 0. The molecule has 0 aromatic heterocycles. The van der Waals surface area contributed by atoms with Crippen molar-refractivity contribution in [2.45, 2.75) is 46.1 Å². The number of nitrogens with zero attached hydrogens (tertiary/aromatic N) is 3. The van der Waals surface area contributed by atoms with Crippen LogP contribution >= 0.6 is 24.0 Å². The zero-order chi connectivity index (χ0) is 18.6. The number of hydrogen-bond acceptors (Lipinski definition) is 4. The van der Waals surface area contributed by atoms with Gasteiger partial charge in [0.15, 0.2) is 5.96 Å². The first-order chi connectivity index (χ1) is 11.8. The second-order valence-electron chi connectivity index (χ2n) is 8.42. The number of carbonyl (C=O) groups excluding carboxylic acids is 1. The van der Waals surface area contributed by atoms with Crippen LogP contribution in [0, 0.1) is 17.8 Å². The highest BCUT2D eigenvalue weighted by Gasteiger charge is 2.37. The molecule has 2 aliphatic rings. The number of methoxy groups -OCH3 is 1. The van der Waals surface area contributed by atoms with Gasteiger partial charge < -0.3 is 15.0 Å². The molecule has 26 heavy (non-hydrogen) atoms. The molecule has 2 rings (SSSR count). The molecule has 2 heterocycles. The van der Waals surface area contributed by atoms with Gasteiger partial charge in [-0.25, -0.2) is 0 Å². The molecule has 3 unspecified atom stereocenters. The first-order valence-electron chi connectivity index (χ1n) is 9.57. The van der Waals surface area contributed by atoms with Crippen LogP contribution < -0.4 is 5.32 Å². The summed E-state index contributed by atoms with van der Waals surface area (Å²) in [6.07, 6.45) is 2.62. The fraction of sp³-hybridized carbons (Fsp3) is 0.895. The number of halogens is 1. The highest BCUT2D eigenvalue weighted by atomic mass is 127. The SMILES string of the molecule is CN=C(NCC(C)(C)N1CCCC(C)C1)N1CC(C)C(C(=O)OC)C1.I. The third-order valence-corrected chi connectivity index (χ3v) is 5.82. The molecule has 0 spiro atoms. The average molecular weight is 480 g/mol. The van der Waals surface area contributed by atoms with Gasteiger partial charge in [-0.15, -0.1) is 24.0 Å². The van der Waals surface area contributed by atoms with E-state index in [9.17, 15) is 4.79 Å². The maximum absolute atomic E-state index is 11.9. The highest BCUT2D eigenvalue weighted by molar-refractivity contribution is 14.0. The van der Waals surface area contributed by atoms with E-state index in [1.54, 1.807) is 0 Å². The molecule has 152 valence electrons. The summed E-state index contributed by atoms with van der Waals surface area (Å²) in [5.74, 6) is 1.75. The Morgan fingerprint density at radius 3 is 2.54 bits per heavy atom. The summed E-state index contributed by atoms with van der Waals surface area (Å²) in [5.41, 5.74) is 0.0811. The van der Waals surface area contributed by atoms with Crippen LogP contribution in [0.5, 0.6) is 0 Å². The zero-order valence-corrected chi connectivity index (χ0v) is 19.6. The van der Waals surface area contributed by atoms with Crippen molar-refractivity contribution in [3.05, 3.63) is 0 Å². The molecule has 0 aliphatic carbocycles. The van der Waals surface area contributed by atoms with E-state index in [0.29, 0.717) is 6.54 Å². The minimum atomic E-state index is -0.118. The number of nitrogens with one attached hydrogen (secondary N) is 1. The Morgan fingerprint density at radius 1 is 1.27 bits per heavy atom. The van der Waals surface area contributed by atoms with Crippen LogP contribution in [0.1, 0.15) is 40.5 Å². The summed E-state index contributed by atoms with van der Waals surface area (Å²) >= 11 is 0. The van der Waals surface area contributed by atoms with Gasteiger partial charge in [-0.1, -0.05) is 13.8 Å². The lowest BCUT2D eigenvalue weighted by Gasteiger charge is -2.43. The molecule has 0 aromatic carbocycles. The van der Waals surface area contributed by atoms with E-state index >= 15 is 0 Å². The van der Waals surface area contributed by atoms with Gasteiger partial charge in [0.05, 0.1) is 13.0 Å². The quantitative estimate of drug-likeness (QED) is 0.290. The van der Waals surface area contributed by atoms with Crippen molar-refractivity contribution in [1.82, 2.24) is 15.1 Å². The van der Waals surface area contributed by atoms with Gasteiger partial charge in [-0.2, -0.15) is 0 Å². The van der Waals surface area contributed by atoms with Gasteiger partial charge in [-0.3, -0.25) is 14.7 Å². The minimum Gasteiger partial charge on any atom is -0.469 e. The molecule has 7 heteroatoms. The van der Waals surface area contributed by atoms with Crippen LogP contribution in [-0.4, -0.2) is 74.1 Å². The van der Waals surface area contributed by atoms with Gasteiger partial charge in [0.1, 0.15) is 0 Å². The fourth-order valence-electron chi connectivity index (χ4n) is 4.08. The van der Waals surface area contributed by atoms with Crippen molar-refractivity contribution in [2.24, 2.45) is 22.7 Å². The van der Waals surface area contributed by atoms with E-state index in [-0.39, 0.29) is 47.3 Å². The second-order valence-corrected chi connectivity index (χ2v) is 8.42. The Hall–Kier alpha value is -0.570. The predicted octanol–water partition coefficient (Wildman–Crippen LogP) is 2.43. The summed E-state index contributed by atoms with van der Waals surface area (Å²) in [7, 11) is 3.28. The number of hydrogen-bond donors (Lipinski definition) is 1. The molecule has 6 nitrogen and oxygen atoms in total. The summed E-state index contributed by atoms with van der Waals surface area (Å²) in [6, 6.07) is 0. The number of likely N-dealkylation sites (tertiary alicyclic amines) is 2. The average Bonchev–Trinajstić information content (AvgIpc) is 2.96. The number of aliphatic imine (C=N–C) groups is 1. The van der Waals surface area contributed by atoms with E-state index in [1.807, 2.05) is 7.05 Å². The largest absolute Gasteiger partial charge is 0.469 e. The lowest BCUT2D eigenvalue weighted by atomic mass is 9.93. The molecule has 0 radical (unpaired) electrons. The Bertz CT molecular complexity index is 498. The van der Waals surface area contributed by atoms with Crippen LogP contribution in [0.15, 0.2) is 4.99 Å². The van der Waals surface area contributed by atoms with Crippen molar-refractivity contribution >= 4 is 35.9 Å². The standard InChI is InChI=1S/C19H36N4O2.HI/c1-14-8-7-9-23(10-14)19(3,4)13-21-18(20-5)22-11-15(2)16(12-22)17(24)25-6;/h14-16H,7-13H2,1-6H3,(H,20,21);1H. The van der Waals surface area contributed by atoms with Crippen molar-refractivity contribution in [3.63, 3.8) is 0 Å². The van der Waals surface area contributed by atoms with Crippen molar-refractivity contribution in [2.75, 3.05) is 46.9 Å². The topological polar surface area (TPSA) is 57.2 Å². The van der Waals surface area contributed by atoms with Crippen LogP contribution in [0.3, 0.4) is 0 Å². The van der Waals surface area contributed by atoms with Gasteiger partial charge in [0.2, 0.25) is 0 Å². The molecule has 0 bridgehead atoms. The highest BCUT2D eigenvalue weighted by Crippen LogP contribution is 2.25. The fourth-order valence-corrected chi connectivity index (χ4v) is 4.08. The van der Waals surface area contributed by atoms with Crippen LogP contribution in [0.25, 0.3) is 0 Å². The second kappa shape index (κ2) is 10.1. The number of esters is 1. The predicted molar refractivity (Wildman–Crippen MR) is 117 cm³/mol. The molecule has 0 aromatic rings. The first-order valence-corrected chi connectivity index (χ1v) is 9.57. The Labute approximate surface area is 176 Å². The molecular formula is C19H37IN4O2. The number of ether oxygens (including phenoxy) is 1. The lowest BCUT2D eigenvalue weighted by molar-refractivity contribution is -0.145. The summed E-state index contributed by atoms with van der Waals surface area (Å²) in [4.78, 5) is 21.1. The Kier molecular flexibility index (Phi) is 9.12. The van der Waals surface area contributed by atoms with E-state index in [1.165, 1.54) is 33.0 Å². The first kappa shape index (κ1) is 23.5.